The van der Waals surface area contributed by atoms with Crippen LogP contribution in [0.15, 0.2) is 78.9 Å². The van der Waals surface area contributed by atoms with Crippen molar-refractivity contribution in [2.45, 2.75) is 12.6 Å². The third kappa shape index (κ3) is 6.17. The van der Waals surface area contributed by atoms with Gasteiger partial charge in [-0.3, -0.25) is 0 Å². The summed E-state index contributed by atoms with van der Waals surface area (Å²) in [6, 6.07) is 25.1. The monoisotopic (exact) mass is 391 g/mol. The van der Waals surface area contributed by atoms with Gasteiger partial charge in [0.15, 0.2) is 0 Å². The first-order valence-corrected chi connectivity index (χ1v) is 9.50. The van der Waals surface area contributed by atoms with Gasteiger partial charge in [0.25, 0.3) is 0 Å². The molecule has 0 spiro atoms. The molecule has 0 aliphatic rings. The maximum atomic E-state index is 11.4. The topological polar surface area (TPSA) is 67.8 Å². The predicted octanol–water partition coefficient (Wildman–Crippen LogP) is 3.67. The lowest BCUT2D eigenvalue weighted by molar-refractivity contribution is 0.0600. The highest BCUT2D eigenvalue weighted by Gasteiger charge is 2.07. The molecule has 0 fully saturated rings. The molecule has 0 saturated heterocycles. The number of rotatable bonds is 9. The summed E-state index contributed by atoms with van der Waals surface area (Å²) in [5, 5.41) is 13.3. The first kappa shape index (κ1) is 20.6. The Bertz CT molecular complexity index is 892. The van der Waals surface area contributed by atoms with E-state index < -0.39 is 6.10 Å². The van der Waals surface area contributed by atoms with Crippen LogP contribution < -0.4 is 10.1 Å². The molecule has 0 aliphatic heterocycles. The molecule has 5 heteroatoms. The number of aliphatic hydroxyl groups excluding tert-OH is 1. The van der Waals surface area contributed by atoms with Gasteiger partial charge >= 0.3 is 5.97 Å². The summed E-state index contributed by atoms with van der Waals surface area (Å²) < 4.78 is 10.4. The minimum atomic E-state index is -0.627. The van der Waals surface area contributed by atoms with Crippen molar-refractivity contribution in [2.24, 2.45) is 0 Å². The van der Waals surface area contributed by atoms with E-state index in [4.69, 9.17) is 4.74 Å². The van der Waals surface area contributed by atoms with E-state index in [0.717, 1.165) is 22.4 Å². The Morgan fingerprint density at radius 3 is 2.24 bits per heavy atom. The molecular formula is C24H25NO4. The number of ether oxygens (including phenoxy) is 2. The van der Waals surface area contributed by atoms with Gasteiger partial charge in [-0.25, -0.2) is 4.79 Å². The number of methoxy groups -OCH3 is 1. The molecule has 0 radical (unpaired) electrons. The number of nitrogens with one attached hydrogen (secondary N) is 1. The van der Waals surface area contributed by atoms with Crippen LogP contribution in [0.4, 0.5) is 0 Å². The van der Waals surface area contributed by atoms with Crippen molar-refractivity contribution < 1.29 is 19.4 Å². The second-order valence-electron chi connectivity index (χ2n) is 6.67. The Labute approximate surface area is 170 Å². The summed E-state index contributed by atoms with van der Waals surface area (Å²) in [5.74, 6) is 0.371. The fraction of sp³-hybridized carbons (Fsp3) is 0.208. The third-order valence-corrected chi connectivity index (χ3v) is 4.49. The number of aliphatic hydroxyl groups is 1. The Morgan fingerprint density at radius 1 is 0.931 bits per heavy atom. The Morgan fingerprint density at radius 2 is 1.59 bits per heavy atom. The zero-order valence-electron chi connectivity index (χ0n) is 16.4. The second-order valence-corrected chi connectivity index (χ2v) is 6.67. The molecule has 0 amide bonds. The summed E-state index contributed by atoms with van der Waals surface area (Å²) in [4.78, 5) is 11.4. The largest absolute Gasteiger partial charge is 0.491 e. The zero-order chi connectivity index (χ0) is 20.5. The SMILES string of the molecule is COC(=O)c1ccc(CNC[C@H](O)COc2ccc(-c3ccccc3)cc2)cc1. The van der Waals surface area contributed by atoms with Crippen LogP contribution in [0.1, 0.15) is 15.9 Å². The number of esters is 1. The lowest BCUT2D eigenvalue weighted by Crippen LogP contribution is -2.31. The van der Waals surface area contributed by atoms with Gasteiger partial charge in [-0.05, 0) is 41.0 Å². The Hall–Kier alpha value is -3.15. The minimum Gasteiger partial charge on any atom is -0.491 e. The van der Waals surface area contributed by atoms with Crippen LogP contribution in [-0.4, -0.2) is 37.4 Å². The minimum absolute atomic E-state index is 0.207. The van der Waals surface area contributed by atoms with Gasteiger partial charge < -0.3 is 19.9 Å². The molecule has 0 aliphatic carbocycles. The molecule has 0 aromatic heterocycles. The molecule has 0 unspecified atom stereocenters. The molecular weight excluding hydrogens is 366 g/mol. The van der Waals surface area contributed by atoms with Gasteiger partial charge in [-0.1, -0.05) is 54.6 Å². The molecule has 150 valence electrons. The lowest BCUT2D eigenvalue weighted by atomic mass is 10.1. The van der Waals surface area contributed by atoms with Gasteiger partial charge in [0.05, 0.1) is 12.7 Å². The van der Waals surface area contributed by atoms with E-state index in [2.05, 4.69) is 22.2 Å². The maximum Gasteiger partial charge on any atom is 0.337 e. The molecule has 0 bridgehead atoms. The zero-order valence-corrected chi connectivity index (χ0v) is 16.4. The number of hydrogen-bond acceptors (Lipinski definition) is 5. The van der Waals surface area contributed by atoms with Gasteiger partial charge in [-0.2, -0.15) is 0 Å². The number of benzene rings is 3. The molecule has 3 rings (SSSR count). The van der Waals surface area contributed by atoms with E-state index >= 15 is 0 Å². The van der Waals surface area contributed by atoms with E-state index in [-0.39, 0.29) is 12.6 Å². The number of carbonyl (C=O) groups excluding carboxylic acids is 1. The summed E-state index contributed by atoms with van der Waals surface area (Å²) in [5.41, 5.74) is 3.81. The van der Waals surface area contributed by atoms with Crippen molar-refractivity contribution >= 4 is 5.97 Å². The Balaban J connectivity index is 1.40. The van der Waals surface area contributed by atoms with Crippen LogP contribution in [0.25, 0.3) is 11.1 Å². The highest BCUT2D eigenvalue weighted by molar-refractivity contribution is 5.89. The van der Waals surface area contributed by atoms with Crippen molar-refractivity contribution in [1.82, 2.24) is 5.32 Å². The van der Waals surface area contributed by atoms with Gasteiger partial charge in [-0.15, -0.1) is 0 Å². The second kappa shape index (κ2) is 10.4. The highest BCUT2D eigenvalue weighted by atomic mass is 16.5. The summed E-state index contributed by atoms with van der Waals surface area (Å²) in [6.45, 7) is 1.20. The van der Waals surface area contributed by atoms with E-state index in [1.54, 1.807) is 12.1 Å². The predicted molar refractivity (Wildman–Crippen MR) is 113 cm³/mol. The van der Waals surface area contributed by atoms with Crippen LogP contribution in [0.3, 0.4) is 0 Å². The molecule has 3 aromatic rings. The third-order valence-electron chi connectivity index (χ3n) is 4.49. The fourth-order valence-corrected chi connectivity index (χ4v) is 2.89. The van der Waals surface area contributed by atoms with Gasteiger partial charge in [0, 0.05) is 13.1 Å². The molecule has 2 N–H and O–H groups in total. The number of carbonyl (C=O) groups is 1. The fourth-order valence-electron chi connectivity index (χ4n) is 2.89. The van der Waals surface area contributed by atoms with Crippen LogP contribution in [0, 0.1) is 0 Å². The number of hydrogen-bond donors (Lipinski definition) is 2. The van der Waals surface area contributed by atoms with E-state index in [9.17, 15) is 9.90 Å². The van der Waals surface area contributed by atoms with Crippen LogP contribution in [0.5, 0.6) is 5.75 Å². The molecule has 0 heterocycles. The maximum absolute atomic E-state index is 11.4. The smallest absolute Gasteiger partial charge is 0.337 e. The first-order valence-electron chi connectivity index (χ1n) is 9.50. The Kier molecular flexibility index (Phi) is 7.39. The summed E-state index contributed by atoms with van der Waals surface area (Å²) in [7, 11) is 1.36. The van der Waals surface area contributed by atoms with Crippen molar-refractivity contribution in [1.29, 1.82) is 0 Å². The lowest BCUT2D eigenvalue weighted by Gasteiger charge is -2.14. The van der Waals surface area contributed by atoms with E-state index in [1.807, 2.05) is 54.6 Å². The van der Waals surface area contributed by atoms with Gasteiger partial charge in [0.2, 0.25) is 0 Å². The van der Waals surface area contributed by atoms with Crippen molar-refractivity contribution in [3.8, 4) is 16.9 Å². The molecule has 3 aromatic carbocycles. The van der Waals surface area contributed by atoms with Crippen molar-refractivity contribution in [3.63, 3.8) is 0 Å². The molecule has 1 atom stereocenters. The van der Waals surface area contributed by atoms with E-state index in [1.165, 1.54) is 7.11 Å². The van der Waals surface area contributed by atoms with Crippen LogP contribution in [0.2, 0.25) is 0 Å². The van der Waals surface area contributed by atoms with Gasteiger partial charge in [0.1, 0.15) is 18.5 Å². The van der Waals surface area contributed by atoms with E-state index in [0.29, 0.717) is 18.7 Å². The molecule has 0 saturated carbocycles. The summed E-state index contributed by atoms with van der Waals surface area (Å²) in [6.07, 6.45) is -0.627. The normalized spacial score (nSPS) is 11.7. The van der Waals surface area contributed by atoms with Crippen LogP contribution >= 0.6 is 0 Å². The quantitative estimate of drug-likeness (QED) is 0.545. The first-order chi connectivity index (χ1) is 14.2. The highest BCUT2D eigenvalue weighted by Crippen LogP contribution is 2.22. The van der Waals surface area contributed by atoms with Crippen LogP contribution in [-0.2, 0) is 11.3 Å². The molecule has 29 heavy (non-hydrogen) atoms. The standard InChI is InChI=1S/C24H25NO4/c1-28-24(27)21-9-7-18(8-10-21)15-25-16-22(26)17-29-23-13-11-20(12-14-23)19-5-3-2-4-6-19/h2-14,22,25-26H,15-17H2,1H3/t22-/m0/s1. The molecule has 5 nitrogen and oxygen atoms in total. The average molecular weight is 391 g/mol. The average Bonchev–Trinajstić information content (AvgIpc) is 2.78. The summed E-state index contributed by atoms with van der Waals surface area (Å²) >= 11 is 0. The van der Waals surface area contributed by atoms with Crippen molar-refractivity contribution in [2.75, 3.05) is 20.3 Å². The van der Waals surface area contributed by atoms with Crippen molar-refractivity contribution in [3.05, 3.63) is 90.0 Å².